The fraction of sp³-hybridized carbons (Fsp3) is 0.0625. The summed E-state index contributed by atoms with van der Waals surface area (Å²) < 4.78 is 0. The van der Waals surface area contributed by atoms with Gasteiger partial charge in [-0.3, -0.25) is 14.4 Å². The molecular weight excluding hydrogens is 353 g/mol. The largest absolute Gasteiger partial charge is 0.339 e. The van der Waals surface area contributed by atoms with E-state index >= 15 is 0 Å². The number of hydrogen-bond acceptors (Lipinski definition) is 3. The van der Waals surface area contributed by atoms with E-state index in [0.29, 0.717) is 21.4 Å². The molecule has 0 aromatic heterocycles. The summed E-state index contributed by atoms with van der Waals surface area (Å²) in [5.41, 5.74) is 0.953. The van der Waals surface area contributed by atoms with E-state index in [1.165, 1.54) is 0 Å². The molecule has 3 N–H and O–H groups in total. The lowest BCUT2D eigenvalue weighted by atomic mass is 10.3. The van der Waals surface area contributed by atoms with Crippen molar-refractivity contribution in [1.29, 1.82) is 0 Å². The molecule has 0 atom stereocenters. The summed E-state index contributed by atoms with van der Waals surface area (Å²) in [5, 5.41) is 8.24. The van der Waals surface area contributed by atoms with Gasteiger partial charge in [0, 0.05) is 21.4 Å². The minimum atomic E-state index is -0.920. The molecule has 2 aromatic rings. The molecule has 124 valence electrons. The maximum Gasteiger partial charge on any atom is 0.313 e. The first-order valence-corrected chi connectivity index (χ1v) is 7.60. The highest BCUT2D eigenvalue weighted by molar-refractivity contribution is 6.40. The van der Waals surface area contributed by atoms with Crippen LogP contribution < -0.4 is 16.0 Å². The fourth-order valence-corrected chi connectivity index (χ4v) is 1.95. The zero-order chi connectivity index (χ0) is 17.5. The standard InChI is InChI=1S/C16H13Cl2N3O3/c17-10-1-5-12(6-2-10)20-14(22)9-19-15(23)16(24)21-13-7-3-11(18)4-8-13/h1-8H,9H2,(H,19,23)(H,20,22)(H,21,24). The van der Waals surface area contributed by atoms with E-state index in [0.717, 1.165) is 0 Å². The summed E-state index contributed by atoms with van der Waals surface area (Å²) >= 11 is 11.5. The van der Waals surface area contributed by atoms with Crippen LogP contribution in [0.15, 0.2) is 48.5 Å². The van der Waals surface area contributed by atoms with Gasteiger partial charge in [-0.15, -0.1) is 0 Å². The van der Waals surface area contributed by atoms with Crippen molar-refractivity contribution in [2.75, 3.05) is 17.2 Å². The van der Waals surface area contributed by atoms with Gasteiger partial charge in [0.25, 0.3) is 0 Å². The van der Waals surface area contributed by atoms with Crippen molar-refractivity contribution in [2.45, 2.75) is 0 Å². The Morgan fingerprint density at radius 2 is 1.17 bits per heavy atom. The molecule has 2 rings (SSSR count). The molecule has 8 heteroatoms. The van der Waals surface area contributed by atoms with Crippen LogP contribution in [0.3, 0.4) is 0 Å². The maximum atomic E-state index is 11.7. The third-order valence-corrected chi connectivity index (χ3v) is 3.35. The molecule has 0 unspecified atom stereocenters. The summed E-state index contributed by atoms with van der Waals surface area (Å²) in [4.78, 5) is 35.1. The van der Waals surface area contributed by atoms with Gasteiger partial charge in [0.1, 0.15) is 0 Å². The van der Waals surface area contributed by atoms with E-state index < -0.39 is 17.7 Å². The third-order valence-electron chi connectivity index (χ3n) is 2.85. The number of benzene rings is 2. The summed E-state index contributed by atoms with van der Waals surface area (Å²) in [7, 11) is 0. The Kier molecular flexibility index (Phi) is 6.17. The van der Waals surface area contributed by atoms with Crippen molar-refractivity contribution in [3.63, 3.8) is 0 Å². The molecular formula is C16H13Cl2N3O3. The molecule has 0 bridgehead atoms. The minimum absolute atomic E-state index is 0.338. The van der Waals surface area contributed by atoms with Crippen LogP contribution in [0, 0.1) is 0 Å². The zero-order valence-corrected chi connectivity index (χ0v) is 13.8. The van der Waals surface area contributed by atoms with Crippen LogP contribution in [0.5, 0.6) is 0 Å². The maximum absolute atomic E-state index is 11.7. The zero-order valence-electron chi connectivity index (χ0n) is 12.3. The Balaban J connectivity index is 1.79. The van der Waals surface area contributed by atoms with E-state index in [9.17, 15) is 14.4 Å². The van der Waals surface area contributed by atoms with Crippen molar-refractivity contribution in [1.82, 2.24) is 5.32 Å². The summed E-state index contributed by atoms with van der Waals surface area (Å²) in [5.74, 6) is -2.27. The molecule has 0 aliphatic rings. The quantitative estimate of drug-likeness (QED) is 0.727. The Hall–Kier alpha value is -2.57. The number of nitrogens with one attached hydrogen (secondary N) is 3. The van der Waals surface area contributed by atoms with Crippen LogP contribution in [0.2, 0.25) is 10.0 Å². The monoisotopic (exact) mass is 365 g/mol. The van der Waals surface area contributed by atoms with Crippen molar-refractivity contribution in [3.05, 3.63) is 58.6 Å². The molecule has 0 aliphatic heterocycles. The SMILES string of the molecule is O=C(CNC(=O)C(=O)Nc1ccc(Cl)cc1)Nc1ccc(Cl)cc1. The summed E-state index contributed by atoms with van der Waals surface area (Å²) in [6, 6.07) is 12.8. The molecule has 0 saturated carbocycles. The van der Waals surface area contributed by atoms with Crippen LogP contribution in [0.1, 0.15) is 0 Å². The average molecular weight is 366 g/mol. The average Bonchev–Trinajstić information content (AvgIpc) is 2.57. The van der Waals surface area contributed by atoms with Gasteiger partial charge in [-0.2, -0.15) is 0 Å². The predicted molar refractivity (Wildman–Crippen MR) is 93.2 cm³/mol. The smallest absolute Gasteiger partial charge is 0.313 e. The molecule has 6 nitrogen and oxygen atoms in total. The third kappa shape index (κ3) is 5.57. The number of carbonyl (C=O) groups is 3. The van der Waals surface area contributed by atoms with Crippen molar-refractivity contribution in [2.24, 2.45) is 0 Å². The molecule has 0 radical (unpaired) electrons. The number of amides is 3. The van der Waals surface area contributed by atoms with Crippen molar-refractivity contribution >= 4 is 52.3 Å². The Labute approximate surface area is 148 Å². The van der Waals surface area contributed by atoms with Crippen LogP contribution in [-0.2, 0) is 14.4 Å². The first-order valence-electron chi connectivity index (χ1n) is 6.84. The van der Waals surface area contributed by atoms with Gasteiger partial charge in [-0.05, 0) is 48.5 Å². The fourth-order valence-electron chi connectivity index (χ4n) is 1.70. The Morgan fingerprint density at radius 1 is 0.708 bits per heavy atom. The van der Waals surface area contributed by atoms with Gasteiger partial charge in [0.2, 0.25) is 5.91 Å². The van der Waals surface area contributed by atoms with E-state index in [1.54, 1.807) is 48.5 Å². The molecule has 0 aliphatic carbocycles. The molecule has 0 spiro atoms. The summed E-state index contributed by atoms with van der Waals surface area (Å²) in [6.07, 6.45) is 0. The minimum Gasteiger partial charge on any atom is -0.339 e. The van der Waals surface area contributed by atoms with Crippen molar-refractivity contribution in [3.8, 4) is 0 Å². The Bertz CT molecular complexity index is 746. The van der Waals surface area contributed by atoms with Crippen LogP contribution >= 0.6 is 23.2 Å². The van der Waals surface area contributed by atoms with E-state index in [-0.39, 0.29) is 6.54 Å². The van der Waals surface area contributed by atoms with Gasteiger partial charge in [-0.25, -0.2) is 0 Å². The highest BCUT2D eigenvalue weighted by Crippen LogP contribution is 2.14. The highest BCUT2D eigenvalue weighted by Gasteiger charge is 2.14. The number of halogens is 2. The second-order valence-electron chi connectivity index (χ2n) is 4.70. The lowest BCUT2D eigenvalue weighted by Crippen LogP contribution is -2.39. The van der Waals surface area contributed by atoms with Crippen LogP contribution in [0.25, 0.3) is 0 Å². The predicted octanol–water partition coefficient (Wildman–Crippen LogP) is 2.69. The highest BCUT2D eigenvalue weighted by atomic mass is 35.5. The molecule has 3 amide bonds. The second kappa shape index (κ2) is 8.33. The van der Waals surface area contributed by atoms with E-state index in [1.807, 2.05) is 0 Å². The number of carbonyl (C=O) groups excluding carboxylic acids is 3. The number of anilines is 2. The topological polar surface area (TPSA) is 87.3 Å². The molecule has 0 fully saturated rings. The molecule has 2 aromatic carbocycles. The van der Waals surface area contributed by atoms with Gasteiger partial charge < -0.3 is 16.0 Å². The van der Waals surface area contributed by atoms with E-state index in [2.05, 4.69) is 16.0 Å². The van der Waals surface area contributed by atoms with Gasteiger partial charge in [0.15, 0.2) is 0 Å². The lowest BCUT2D eigenvalue weighted by molar-refractivity contribution is -0.136. The first-order chi connectivity index (χ1) is 11.4. The Morgan fingerprint density at radius 3 is 1.67 bits per heavy atom. The summed E-state index contributed by atoms with van der Waals surface area (Å²) in [6.45, 7) is -0.338. The van der Waals surface area contributed by atoms with Crippen molar-refractivity contribution < 1.29 is 14.4 Å². The molecule has 24 heavy (non-hydrogen) atoms. The first kappa shape index (κ1) is 17.8. The lowest BCUT2D eigenvalue weighted by Gasteiger charge is -2.08. The second-order valence-corrected chi connectivity index (χ2v) is 5.57. The van der Waals surface area contributed by atoms with Gasteiger partial charge in [-0.1, -0.05) is 23.2 Å². The van der Waals surface area contributed by atoms with Crippen LogP contribution in [-0.4, -0.2) is 24.3 Å². The number of rotatable bonds is 4. The molecule has 0 saturated heterocycles. The van der Waals surface area contributed by atoms with Gasteiger partial charge in [0.05, 0.1) is 6.54 Å². The molecule has 0 heterocycles. The number of hydrogen-bond donors (Lipinski definition) is 3. The van der Waals surface area contributed by atoms with Gasteiger partial charge >= 0.3 is 11.8 Å². The van der Waals surface area contributed by atoms with E-state index in [4.69, 9.17) is 23.2 Å². The normalized spacial score (nSPS) is 9.92. The van der Waals surface area contributed by atoms with Crippen LogP contribution in [0.4, 0.5) is 11.4 Å².